The van der Waals surface area contributed by atoms with Crippen LogP contribution in [-0.2, 0) is 22.7 Å². The second-order valence-electron chi connectivity index (χ2n) is 5.97. The van der Waals surface area contributed by atoms with E-state index in [0.717, 1.165) is 6.42 Å². The minimum atomic E-state index is -0.267. The number of aryl methyl sites for hydroxylation is 1. The van der Waals surface area contributed by atoms with E-state index in [-0.39, 0.29) is 24.4 Å². The maximum atomic E-state index is 12.2. The Morgan fingerprint density at radius 3 is 2.84 bits per heavy atom. The van der Waals surface area contributed by atoms with Crippen molar-refractivity contribution < 1.29 is 18.7 Å². The average molecular weight is 347 g/mol. The van der Waals surface area contributed by atoms with Crippen LogP contribution >= 0.6 is 0 Å². The van der Waals surface area contributed by atoms with Gasteiger partial charge in [0.25, 0.3) is 5.91 Å². The van der Waals surface area contributed by atoms with Crippen LogP contribution in [0.2, 0.25) is 0 Å². The lowest BCUT2D eigenvalue weighted by Gasteiger charge is -2.30. The van der Waals surface area contributed by atoms with Gasteiger partial charge in [0.2, 0.25) is 0 Å². The number of amides is 1. The highest BCUT2D eigenvalue weighted by Gasteiger charge is 2.29. The summed E-state index contributed by atoms with van der Waals surface area (Å²) in [5.74, 6) is 0.243. The number of hydrogen-bond donors (Lipinski definition) is 0. The molecule has 134 valence electrons. The summed E-state index contributed by atoms with van der Waals surface area (Å²) >= 11 is 0. The van der Waals surface area contributed by atoms with Crippen molar-refractivity contribution >= 4 is 11.9 Å². The van der Waals surface area contributed by atoms with Gasteiger partial charge in [0.1, 0.15) is 0 Å². The number of piperidine rings is 1. The van der Waals surface area contributed by atoms with Crippen LogP contribution in [0.5, 0.6) is 0 Å². The third-order valence-electron chi connectivity index (χ3n) is 4.23. The molecule has 0 radical (unpaired) electrons. The van der Waals surface area contributed by atoms with Crippen molar-refractivity contribution in [1.82, 2.24) is 25.1 Å². The number of aromatic nitrogens is 4. The van der Waals surface area contributed by atoms with E-state index in [1.165, 1.54) is 6.26 Å². The molecule has 0 aromatic carbocycles. The lowest BCUT2D eigenvalue weighted by molar-refractivity contribution is -0.151. The molecular formula is C16H21N5O4. The fourth-order valence-corrected chi connectivity index (χ4v) is 2.84. The van der Waals surface area contributed by atoms with Gasteiger partial charge in [-0.3, -0.25) is 9.59 Å². The Bertz CT molecular complexity index is 704. The minimum absolute atomic E-state index is 0.0668. The summed E-state index contributed by atoms with van der Waals surface area (Å²) in [5.41, 5.74) is 0. The van der Waals surface area contributed by atoms with E-state index in [9.17, 15) is 9.59 Å². The fourth-order valence-electron chi connectivity index (χ4n) is 2.84. The lowest BCUT2D eigenvalue weighted by atomic mass is 9.97. The number of carbonyl (C=O) groups is 2. The summed E-state index contributed by atoms with van der Waals surface area (Å²) in [6, 6.07) is 3.33. The first-order valence-electron chi connectivity index (χ1n) is 8.43. The Morgan fingerprint density at radius 1 is 1.36 bits per heavy atom. The highest BCUT2D eigenvalue weighted by atomic mass is 16.5. The number of rotatable bonds is 6. The normalized spacial score (nSPS) is 15.3. The Balaban J connectivity index is 1.47. The van der Waals surface area contributed by atoms with E-state index in [1.54, 1.807) is 21.7 Å². The van der Waals surface area contributed by atoms with E-state index < -0.39 is 0 Å². The van der Waals surface area contributed by atoms with Crippen LogP contribution in [0, 0.1) is 5.92 Å². The van der Waals surface area contributed by atoms with E-state index >= 15 is 0 Å². The van der Waals surface area contributed by atoms with Gasteiger partial charge in [-0.15, -0.1) is 5.10 Å². The summed E-state index contributed by atoms with van der Waals surface area (Å²) in [6.45, 7) is 3.79. The minimum Gasteiger partial charge on any atom is -0.459 e. The Hall–Kier alpha value is -2.71. The van der Waals surface area contributed by atoms with Crippen LogP contribution in [0.15, 0.2) is 22.8 Å². The maximum Gasteiger partial charge on any atom is 0.309 e. The highest BCUT2D eigenvalue weighted by Crippen LogP contribution is 2.21. The molecule has 3 rings (SSSR count). The van der Waals surface area contributed by atoms with Gasteiger partial charge in [0.15, 0.2) is 18.2 Å². The van der Waals surface area contributed by atoms with E-state index in [0.29, 0.717) is 44.1 Å². The van der Waals surface area contributed by atoms with Crippen molar-refractivity contribution in [3.05, 3.63) is 30.0 Å². The van der Waals surface area contributed by atoms with Gasteiger partial charge in [-0.05, 0) is 41.8 Å². The molecule has 0 unspecified atom stereocenters. The molecule has 1 aliphatic heterocycles. The largest absolute Gasteiger partial charge is 0.459 e. The number of ether oxygens (including phenoxy) is 1. The third kappa shape index (κ3) is 4.04. The number of nitrogens with zero attached hydrogens (tertiary/aromatic N) is 5. The van der Waals surface area contributed by atoms with Gasteiger partial charge in [-0.1, -0.05) is 6.92 Å². The van der Waals surface area contributed by atoms with Crippen molar-refractivity contribution in [1.29, 1.82) is 0 Å². The van der Waals surface area contributed by atoms with E-state index in [4.69, 9.17) is 9.15 Å². The molecule has 1 fully saturated rings. The van der Waals surface area contributed by atoms with Gasteiger partial charge in [-0.25, -0.2) is 4.68 Å². The van der Waals surface area contributed by atoms with Crippen LogP contribution in [0.3, 0.4) is 0 Å². The molecule has 9 nitrogen and oxygen atoms in total. The van der Waals surface area contributed by atoms with Gasteiger partial charge in [0.05, 0.1) is 12.2 Å². The zero-order valence-electron chi connectivity index (χ0n) is 14.1. The standard InChI is InChI=1S/C16H21N5O4/c1-2-7-21-14(17-18-19-21)11-25-16(23)12-5-8-20(9-6-12)15(22)13-4-3-10-24-13/h3-4,10,12H,2,5-9,11H2,1H3. The molecule has 2 aromatic heterocycles. The first-order valence-corrected chi connectivity index (χ1v) is 8.43. The van der Waals surface area contributed by atoms with Crippen molar-refractivity contribution in [2.75, 3.05) is 13.1 Å². The third-order valence-corrected chi connectivity index (χ3v) is 4.23. The summed E-state index contributed by atoms with van der Waals surface area (Å²) in [7, 11) is 0. The molecule has 9 heteroatoms. The Morgan fingerprint density at radius 2 is 2.16 bits per heavy atom. The molecule has 2 aromatic rings. The molecular weight excluding hydrogens is 326 g/mol. The SMILES string of the molecule is CCCn1nnnc1COC(=O)C1CCN(C(=O)c2ccco2)CC1. The second-order valence-corrected chi connectivity index (χ2v) is 5.97. The van der Waals surface area contributed by atoms with Crippen LogP contribution in [-0.4, -0.2) is 50.1 Å². The average Bonchev–Trinajstić information content (AvgIpc) is 3.31. The molecule has 0 bridgehead atoms. The molecule has 0 aliphatic carbocycles. The van der Waals surface area contributed by atoms with E-state index in [1.807, 2.05) is 6.92 Å². The first kappa shape index (κ1) is 17.1. The number of carbonyl (C=O) groups excluding carboxylic acids is 2. The van der Waals surface area contributed by atoms with Crippen molar-refractivity contribution in [3.8, 4) is 0 Å². The predicted octanol–water partition coefficient (Wildman–Crippen LogP) is 1.27. The number of esters is 1. The zero-order chi connectivity index (χ0) is 17.6. The number of tetrazole rings is 1. The quantitative estimate of drug-likeness (QED) is 0.725. The molecule has 25 heavy (non-hydrogen) atoms. The molecule has 0 spiro atoms. The molecule has 1 aliphatic rings. The molecule has 3 heterocycles. The van der Waals surface area contributed by atoms with Crippen LogP contribution in [0.1, 0.15) is 42.6 Å². The molecule has 1 amide bonds. The highest BCUT2D eigenvalue weighted by molar-refractivity contribution is 5.91. The first-order chi connectivity index (χ1) is 12.2. The maximum absolute atomic E-state index is 12.2. The topological polar surface area (TPSA) is 103 Å². The van der Waals surface area contributed by atoms with Gasteiger partial charge in [0, 0.05) is 19.6 Å². The van der Waals surface area contributed by atoms with Gasteiger partial charge in [-0.2, -0.15) is 0 Å². The summed E-state index contributed by atoms with van der Waals surface area (Å²) in [6.07, 6.45) is 3.52. The number of likely N-dealkylation sites (tertiary alicyclic amines) is 1. The predicted molar refractivity (Wildman–Crippen MR) is 85.2 cm³/mol. The number of furan rings is 1. The monoisotopic (exact) mass is 347 g/mol. The van der Waals surface area contributed by atoms with Crippen LogP contribution in [0.4, 0.5) is 0 Å². The summed E-state index contributed by atoms with van der Waals surface area (Å²) in [4.78, 5) is 26.2. The van der Waals surface area contributed by atoms with Crippen molar-refractivity contribution in [2.45, 2.75) is 39.3 Å². The van der Waals surface area contributed by atoms with Gasteiger partial charge < -0.3 is 14.1 Å². The van der Waals surface area contributed by atoms with E-state index in [2.05, 4.69) is 15.5 Å². The molecule has 0 N–H and O–H groups in total. The van der Waals surface area contributed by atoms with Crippen LogP contribution < -0.4 is 0 Å². The van der Waals surface area contributed by atoms with Crippen LogP contribution in [0.25, 0.3) is 0 Å². The smallest absolute Gasteiger partial charge is 0.309 e. The molecule has 0 saturated carbocycles. The van der Waals surface area contributed by atoms with Crippen molar-refractivity contribution in [3.63, 3.8) is 0 Å². The lowest BCUT2D eigenvalue weighted by Crippen LogP contribution is -2.40. The van der Waals surface area contributed by atoms with Crippen molar-refractivity contribution in [2.24, 2.45) is 5.92 Å². The Kier molecular flexibility index (Phi) is 5.42. The molecule has 1 saturated heterocycles. The number of hydrogen-bond acceptors (Lipinski definition) is 7. The Labute approximate surface area is 144 Å². The molecule has 0 atom stereocenters. The van der Waals surface area contributed by atoms with Gasteiger partial charge >= 0.3 is 5.97 Å². The summed E-state index contributed by atoms with van der Waals surface area (Å²) < 4.78 is 12.1. The summed E-state index contributed by atoms with van der Waals surface area (Å²) in [5, 5.41) is 11.3. The fraction of sp³-hybridized carbons (Fsp3) is 0.562. The second kappa shape index (κ2) is 7.91. The zero-order valence-corrected chi connectivity index (χ0v) is 14.1.